The van der Waals surface area contributed by atoms with Crippen LogP contribution in [0.25, 0.3) is 10.2 Å². The first kappa shape index (κ1) is 21.4. The van der Waals surface area contributed by atoms with Gasteiger partial charge in [-0.15, -0.1) is 0 Å². The van der Waals surface area contributed by atoms with Crippen LogP contribution in [0.1, 0.15) is 11.3 Å². The predicted octanol–water partition coefficient (Wildman–Crippen LogP) is 4.66. The molecular weight excluding hydrogens is 454 g/mol. The van der Waals surface area contributed by atoms with Gasteiger partial charge in [0, 0.05) is 6.20 Å². The summed E-state index contributed by atoms with van der Waals surface area (Å²) in [6.07, 6.45) is 1.62. The Balaban J connectivity index is 1.74. The first-order valence-electron chi connectivity index (χ1n) is 9.39. The predicted molar refractivity (Wildman–Crippen MR) is 123 cm³/mol. The molecule has 6 nitrogen and oxygen atoms in total. The smallest absolute Gasteiger partial charge is 0.244 e. The first-order chi connectivity index (χ1) is 14.8. The van der Waals surface area contributed by atoms with E-state index >= 15 is 0 Å². The molecule has 4 rings (SSSR count). The third-order valence-electron chi connectivity index (χ3n) is 4.68. The van der Waals surface area contributed by atoms with E-state index in [-0.39, 0.29) is 11.4 Å². The molecule has 2 heterocycles. The average molecular weight is 472 g/mol. The van der Waals surface area contributed by atoms with Gasteiger partial charge in [-0.25, -0.2) is 13.4 Å². The summed E-state index contributed by atoms with van der Waals surface area (Å²) in [6, 6.07) is 16.9. The number of benzene rings is 2. The fourth-order valence-electron chi connectivity index (χ4n) is 3.07. The Kier molecular flexibility index (Phi) is 6.04. The van der Waals surface area contributed by atoms with Gasteiger partial charge >= 0.3 is 0 Å². The lowest BCUT2D eigenvalue weighted by molar-refractivity contribution is -0.116. The number of amides is 1. The van der Waals surface area contributed by atoms with Crippen LogP contribution in [-0.2, 0) is 21.2 Å². The van der Waals surface area contributed by atoms with E-state index in [0.717, 1.165) is 10.3 Å². The second-order valence-electron chi connectivity index (χ2n) is 6.91. The number of carbonyl (C=O) groups is 1. The van der Waals surface area contributed by atoms with Crippen LogP contribution in [0.5, 0.6) is 0 Å². The van der Waals surface area contributed by atoms with Crippen LogP contribution >= 0.6 is 22.9 Å². The van der Waals surface area contributed by atoms with E-state index in [0.29, 0.717) is 21.4 Å². The number of hydrogen-bond acceptors (Lipinski definition) is 6. The standard InChI is InChI=1S/C22H18ClN3O3S2/c1-15-10-11-18(23)21-20(15)25-22(30-21)26(13-16-7-5-6-12-24-16)19(27)14-31(28,29)17-8-3-2-4-9-17/h2-12H,13-14H2,1H3. The molecule has 0 fully saturated rings. The van der Waals surface area contributed by atoms with Gasteiger partial charge in [-0.3, -0.25) is 14.7 Å². The van der Waals surface area contributed by atoms with Crippen LogP contribution in [0.3, 0.4) is 0 Å². The first-order valence-corrected chi connectivity index (χ1v) is 12.2. The molecule has 0 bridgehead atoms. The Bertz CT molecular complexity index is 1300. The second-order valence-corrected chi connectivity index (χ2v) is 10.3. The summed E-state index contributed by atoms with van der Waals surface area (Å²) in [5.41, 5.74) is 2.23. The van der Waals surface area contributed by atoms with Crippen LogP contribution in [0.4, 0.5) is 5.13 Å². The number of aromatic nitrogens is 2. The monoisotopic (exact) mass is 471 g/mol. The van der Waals surface area contributed by atoms with Gasteiger partial charge in [0.1, 0.15) is 5.75 Å². The zero-order chi connectivity index (χ0) is 22.0. The van der Waals surface area contributed by atoms with E-state index in [9.17, 15) is 13.2 Å². The molecule has 1 amide bonds. The number of fused-ring (bicyclic) bond motifs is 1. The Hall–Kier alpha value is -2.81. The number of anilines is 1. The van der Waals surface area contributed by atoms with Crippen molar-refractivity contribution >= 4 is 54.0 Å². The summed E-state index contributed by atoms with van der Waals surface area (Å²) in [7, 11) is -3.81. The summed E-state index contributed by atoms with van der Waals surface area (Å²) in [5, 5.41) is 0.914. The third kappa shape index (κ3) is 4.61. The van der Waals surface area contributed by atoms with Crippen LogP contribution < -0.4 is 4.90 Å². The van der Waals surface area contributed by atoms with Crippen LogP contribution in [-0.4, -0.2) is 30.0 Å². The zero-order valence-corrected chi connectivity index (χ0v) is 18.9. The van der Waals surface area contributed by atoms with Crippen LogP contribution in [0.2, 0.25) is 5.02 Å². The van der Waals surface area contributed by atoms with Crippen molar-refractivity contribution in [1.29, 1.82) is 0 Å². The number of carbonyl (C=O) groups excluding carboxylic acids is 1. The van der Waals surface area contributed by atoms with Gasteiger partial charge in [0.25, 0.3) is 0 Å². The van der Waals surface area contributed by atoms with Gasteiger partial charge in [0.05, 0.1) is 32.4 Å². The SMILES string of the molecule is Cc1ccc(Cl)c2sc(N(Cc3ccccn3)C(=O)CS(=O)(=O)c3ccccc3)nc12. The highest BCUT2D eigenvalue weighted by molar-refractivity contribution is 7.92. The van der Waals surface area contributed by atoms with Crippen molar-refractivity contribution in [2.24, 2.45) is 0 Å². The number of aryl methyl sites for hydroxylation is 1. The minimum absolute atomic E-state index is 0.0977. The maximum Gasteiger partial charge on any atom is 0.244 e. The fraction of sp³-hybridized carbons (Fsp3) is 0.136. The summed E-state index contributed by atoms with van der Waals surface area (Å²) in [5.74, 6) is -1.26. The number of hydrogen-bond donors (Lipinski definition) is 0. The highest BCUT2D eigenvalue weighted by atomic mass is 35.5. The van der Waals surface area contributed by atoms with Crippen LogP contribution in [0, 0.1) is 6.92 Å². The molecule has 0 saturated carbocycles. The lowest BCUT2D eigenvalue weighted by Gasteiger charge is -2.19. The lowest BCUT2D eigenvalue weighted by Crippen LogP contribution is -2.35. The van der Waals surface area contributed by atoms with Gasteiger partial charge in [-0.2, -0.15) is 0 Å². The lowest BCUT2D eigenvalue weighted by atomic mass is 10.2. The minimum Gasteiger partial charge on any atom is -0.281 e. The number of halogens is 1. The highest BCUT2D eigenvalue weighted by Crippen LogP contribution is 2.36. The number of sulfone groups is 1. The molecule has 0 radical (unpaired) electrons. The molecule has 2 aromatic heterocycles. The minimum atomic E-state index is -3.81. The topological polar surface area (TPSA) is 80.2 Å². The Morgan fingerprint density at radius 3 is 2.48 bits per heavy atom. The second kappa shape index (κ2) is 8.74. The Morgan fingerprint density at radius 1 is 1.06 bits per heavy atom. The van der Waals surface area contributed by atoms with Gasteiger partial charge in [-0.05, 0) is 42.8 Å². The van der Waals surface area contributed by atoms with E-state index in [1.54, 1.807) is 42.6 Å². The van der Waals surface area contributed by atoms with Gasteiger partial charge in [0.2, 0.25) is 5.91 Å². The van der Waals surface area contributed by atoms with Crippen molar-refractivity contribution < 1.29 is 13.2 Å². The molecule has 0 saturated heterocycles. The van der Waals surface area contributed by atoms with Crippen molar-refractivity contribution in [3.8, 4) is 0 Å². The number of thiazole rings is 1. The molecule has 0 spiro atoms. The molecule has 0 aliphatic heterocycles. The quantitative estimate of drug-likeness (QED) is 0.408. The molecule has 0 aliphatic carbocycles. The highest BCUT2D eigenvalue weighted by Gasteiger charge is 2.27. The molecule has 0 N–H and O–H groups in total. The molecule has 0 unspecified atom stereocenters. The molecule has 9 heteroatoms. The Morgan fingerprint density at radius 2 is 1.81 bits per heavy atom. The molecule has 2 aromatic carbocycles. The maximum absolute atomic E-state index is 13.2. The van der Waals surface area contributed by atoms with Gasteiger partial charge in [0.15, 0.2) is 15.0 Å². The van der Waals surface area contributed by atoms with Crippen molar-refractivity contribution in [2.75, 3.05) is 10.7 Å². The summed E-state index contributed by atoms with van der Waals surface area (Å²) >= 11 is 7.59. The summed E-state index contributed by atoms with van der Waals surface area (Å²) < 4.78 is 26.4. The van der Waals surface area contributed by atoms with Gasteiger partial charge in [-0.1, -0.05) is 53.3 Å². The molecule has 0 aliphatic rings. The largest absolute Gasteiger partial charge is 0.281 e. The number of rotatable bonds is 6. The number of pyridine rings is 1. The van der Waals surface area contributed by atoms with Crippen molar-refractivity contribution in [1.82, 2.24) is 9.97 Å². The fourth-order valence-corrected chi connectivity index (χ4v) is 5.63. The van der Waals surface area contributed by atoms with Crippen molar-refractivity contribution in [2.45, 2.75) is 18.4 Å². The van der Waals surface area contributed by atoms with Crippen molar-refractivity contribution in [3.05, 3.63) is 83.1 Å². The summed E-state index contributed by atoms with van der Waals surface area (Å²) in [4.78, 5) is 23.6. The van der Waals surface area contributed by atoms with E-state index in [2.05, 4.69) is 9.97 Å². The van der Waals surface area contributed by atoms with Crippen molar-refractivity contribution in [3.63, 3.8) is 0 Å². The van der Waals surface area contributed by atoms with E-state index in [1.807, 2.05) is 19.1 Å². The normalized spacial score (nSPS) is 11.5. The summed E-state index contributed by atoms with van der Waals surface area (Å²) in [6.45, 7) is 2.01. The van der Waals surface area contributed by atoms with E-state index in [1.165, 1.54) is 28.4 Å². The molecule has 31 heavy (non-hydrogen) atoms. The zero-order valence-electron chi connectivity index (χ0n) is 16.5. The number of nitrogens with zero attached hydrogens (tertiary/aromatic N) is 3. The molecule has 4 aromatic rings. The molecule has 158 valence electrons. The molecule has 0 atom stereocenters. The third-order valence-corrected chi connectivity index (χ3v) is 7.84. The van der Waals surface area contributed by atoms with Gasteiger partial charge < -0.3 is 0 Å². The average Bonchev–Trinajstić information content (AvgIpc) is 3.22. The van der Waals surface area contributed by atoms with E-state index in [4.69, 9.17) is 11.6 Å². The molecular formula is C22H18ClN3O3S2. The van der Waals surface area contributed by atoms with E-state index < -0.39 is 21.5 Å². The van der Waals surface area contributed by atoms with Crippen LogP contribution in [0.15, 0.2) is 71.8 Å². The maximum atomic E-state index is 13.2. The Labute approximate surface area is 189 Å².